The number of para-hydroxylation sites is 1. The Bertz CT molecular complexity index is 916. The molecule has 2 aromatic rings. The number of halogens is 1. The average Bonchev–Trinajstić information content (AvgIpc) is 3.08. The molecule has 8 heteroatoms. The molecule has 3 amide bonds. The van der Waals surface area contributed by atoms with Crippen molar-refractivity contribution in [3.05, 3.63) is 46.7 Å². The molecule has 1 saturated carbocycles. The molecule has 2 fully saturated rings. The first-order valence-electron chi connectivity index (χ1n) is 9.03. The molecule has 0 bridgehead atoms. The summed E-state index contributed by atoms with van der Waals surface area (Å²) in [6.45, 7) is 1.81. The van der Waals surface area contributed by atoms with Gasteiger partial charge in [-0.15, -0.1) is 5.01 Å². The van der Waals surface area contributed by atoms with Gasteiger partial charge in [0.05, 0.1) is 23.2 Å². The number of hydrogen-bond donors (Lipinski definition) is 1. The highest BCUT2D eigenvalue weighted by atomic mass is 35.5. The summed E-state index contributed by atoms with van der Waals surface area (Å²) in [7, 11) is 0. The Kier molecular flexibility index (Phi) is 4.47. The molecule has 2 heterocycles. The summed E-state index contributed by atoms with van der Waals surface area (Å²) in [4.78, 5) is 25.1. The van der Waals surface area contributed by atoms with Crippen LogP contribution in [0.5, 0.6) is 0 Å². The molecule has 1 aliphatic carbocycles. The molecule has 2 aliphatic rings. The number of urea groups is 1. The highest BCUT2D eigenvalue weighted by Crippen LogP contribution is 2.33. The van der Waals surface area contributed by atoms with Crippen LogP contribution < -0.4 is 5.32 Å². The van der Waals surface area contributed by atoms with Crippen molar-refractivity contribution in [1.82, 2.24) is 20.1 Å². The van der Waals surface area contributed by atoms with Crippen molar-refractivity contribution in [3.63, 3.8) is 0 Å². The first-order valence-corrected chi connectivity index (χ1v) is 9.41. The third-order valence-electron chi connectivity index (χ3n) is 5.20. The Balaban J connectivity index is 1.61. The number of hydrogen-bond acceptors (Lipinski definition) is 4. The molecule has 27 heavy (non-hydrogen) atoms. The number of imide groups is 1. The number of nitrogens with zero attached hydrogens (tertiary/aromatic N) is 4. The number of amides is 3. The average molecular weight is 386 g/mol. The minimum absolute atomic E-state index is 0.285. The van der Waals surface area contributed by atoms with Crippen molar-refractivity contribution in [2.24, 2.45) is 5.10 Å². The highest BCUT2D eigenvalue weighted by molar-refractivity contribution is 6.32. The second-order valence-corrected chi connectivity index (χ2v) is 7.33. The number of hydrazone groups is 1. The minimum atomic E-state index is -0.792. The van der Waals surface area contributed by atoms with Crippen molar-refractivity contribution in [2.75, 3.05) is 0 Å². The van der Waals surface area contributed by atoms with E-state index in [0.29, 0.717) is 29.3 Å². The molecule has 0 unspecified atom stereocenters. The molecule has 1 aromatic carbocycles. The summed E-state index contributed by atoms with van der Waals surface area (Å²) in [5.74, 6) is -0.285. The van der Waals surface area contributed by atoms with E-state index in [-0.39, 0.29) is 5.91 Å². The van der Waals surface area contributed by atoms with Gasteiger partial charge in [0.25, 0.3) is 5.91 Å². The standard InChI is InChI=1S/C19H20ClN5O2/c1-13-15(16(20)24(23-13)14-8-4-2-5-9-14)12-21-25-17(26)19(22-18(25)27)10-6-3-7-11-19/h2,4-5,8-9,12H,3,6-7,10-11H2,1H3,(H,22,27)/b21-12+. The topological polar surface area (TPSA) is 79.6 Å². The van der Waals surface area contributed by atoms with Crippen LogP contribution in [0.15, 0.2) is 35.4 Å². The van der Waals surface area contributed by atoms with E-state index in [2.05, 4.69) is 15.5 Å². The van der Waals surface area contributed by atoms with Crippen molar-refractivity contribution in [3.8, 4) is 5.69 Å². The van der Waals surface area contributed by atoms with Crippen molar-refractivity contribution < 1.29 is 9.59 Å². The summed E-state index contributed by atoms with van der Waals surface area (Å²) in [5.41, 5.74) is 1.26. The Morgan fingerprint density at radius 2 is 1.89 bits per heavy atom. The van der Waals surface area contributed by atoms with Gasteiger partial charge in [-0.25, -0.2) is 9.48 Å². The summed E-state index contributed by atoms with van der Waals surface area (Å²) in [6.07, 6.45) is 5.70. The van der Waals surface area contributed by atoms with Gasteiger partial charge in [-0.2, -0.15) is 10.2 Å². The maximum absolute atomic E-state index is 12.8. The van der Waals surface area contributed by atoms with Crippen LogP contribution in [0.25, 0.3) is 5.69 Å². The number of aryl methyl sites for hydroxylation is 1. The lowest BCUT2D eigenvalue weighted by molar-refractivity contribution is -0.132. The Morgan fingerprint density at radius 3 is 2.59 bits per heavy atom. The lowest BCUT2D eigenvalue weighted by atomic mass is 9.82. The van der Waals surface area contributed by atoms with Crippen molar-refractivity contribution in [1.29, 1.82) is 0 Å². The van der Waals surface area contributed by atoms with Crippen LogP contribution in [0.4, 0.5) is 4.79 Å². The third-order valence-corrected chi connectivity index (χ3v) is 5.56. The van der Waals surface area contributed by atoms with Gasteiger partial charge >= 0.3 is 6.03 Å². The van der Waals surface area contributed by atoms with Gasteiger partial charge in [-0.05, 0) is 31.9 Å². The van der Waals surface area contributed by atoms with E-state index in [1.165, 1.54) is 6.21 Å². The molecule has 1 spiro atoms. The van der Waals surface area contributed by atoms with E-state index in [0.717, 1.165) is 30.0 Å². The lowest BCUT2D eigenvalue weighted by Crippen LogP contribution is -2.48. The highest BCUT2D eigenvalue weighted by Gasteiger charge is 2.51. The Hall–Kier alpha value is -2.67. The maximum Gasteiger partial charge on any atom is 0.346 e. The van der Waals surface area contributed by atoms with Crippen LogP contribution >= 0.6 is 11.6 Å². The number of carbonyl (C=O) groups excluding carboxylic acids is 2. The van der Waals surface area contributed by atoms with Crippen LogP contribution in [-0.2, 0) is 4.79 Å². The lowest BCUT2D eigenvalue weighted by Gasteiger charge is -2.29. The van der Waals surface area contributed by atoms with Crippen LogP contribution in [0.3, 0.4) is 0 Å². The minimum Gasteiger partial charge on any atom is -0.321 e. The smallest absolute Gasteiger partial charge is 0.321 e. The number of rotatable bonds is 3. The third kappa shape index (κ3) is 3.02. The zero-order valence-electron chi connectivity index (χ0n) is 15.0. The molecule has 0 radical (unpaired) electrons. The zero-order valence-corrected chi connectivity index (χ0v) is 15.7. The molecule has 1 N–H and O–H groups in total. The fourth-order valence-electron chi connectivity index (χ4n) is 3.72. The monoisotopic (exact) mass is 385 g/mol. The fraction of sp³-hybridized carbons (Fsp3) is 0.368. The number of aromatic nitrogens is 2. The van der Waals surface area contributed by atoms with Gasteiger partial charge in [0.2, 0.25) is 0 Å². The molecule has 1 aliphatic heterocycles. The summed E-state index contributed by atoms with van der Waals surface area (Å²) >= 11 is 6.47. The quantitative estimate of drug-likeness (QED) is 0.649. The second kappa shape index (κ2) is 6.81. The molecular weight excluding hydrogens is 366 g/mol. The van der Waals surface area contributed by atoms with E-state index in [9.17, 15) is 9.59 Å². The Labute approximate surface area is 162 Å². The summed E-state index contributed by atoms with van der Waals surface area (Å²) < 4.78 is 1.60. The summed E-state index contributed by atoms with van der Waals surface area (Å²) in [5, 5.41) is 12.7. The van der Waals surface area contributed by atoms with E-state index in [1.807, 2.05) is 30.3 Å². The predicted molar refractivity (Wildman–Crippen MR) is 102 cm³/mol. The van der Waals surface area contributed by atoms with Crippen LogP contribution in [0.1, 0.15) is 43.4 Å². The predicted octanol–water partition coefficient (Wildman–Crippen LogP) is 3.42. The van der Waals surface area contributed by atoms with Gasteiger partial charge in [-0.3, -0.25) is 4.79 Å². The van der Waals surface area contributed by atoms with Crippen molar-refractivity contribution >= 4 is 29.8 Å². The largest absolute Gasteiger partial charge is 0.346 e. The number of nitrogens with one attached hydrogen (secondary N) is 1. The van der Waals surface area contributed by atoms with E-state index >= 15 is 0 Å². The molecular formula is C19H20ClN5O2. The zero-order chi connectivity index (χ0) is 19.0. The van der Waals surface area contributed by atoms with Crippen molar-refractivity contribution in [2.45, 2.75) is 44.6 Å². The van der Waals surface area contributed by atoms with Gasteiger partial charge in [0, 0.05) is 0 Å². The summed E-state index contributed by atoms with van der Waals surface area (Å²) in [6, 6.07) is 9.00. The van der Waals surface area contributed by atoms with E-state index < -0.39 is 11.6 Å². The first kappa shape index (κ1) is 17.7. The van der Waals surface area contributed by atoms with Gasteiger partial charge in [0.1, 0.15) is 10.7 Å². The normalized spacial score (nSPS) is 19.3. The Morgan fingerprint density at radius 1 is 1.19 bits per heavy atom. The fourth-order valence-corrected chi connectivity index (χ4v) is 4.04. The van der Waals surface area contributed by atoms with Gasteiger partial charge in [0.15, 0.2) is 0 Å². The maximum atomic E-state index is 12.8. The molecule has 7 nitrogen and oxygen atoms in total. The van der Waals surface area contributed by atoms with Crippen LogP contribution in [-0.4, -0.2) is 38.5 Å². The van der Waals surface area contributed by atoms with E-state index in [1.54, 1.807) is 11.6 Å². The number of carbonyl (C=O) groups is 2. The van der Waals surface area contributed by atoms with Crippen LogP contribution in [0, 0.1) is 6.92 Å². The number of benzene rings is 1. The molecule has 1 saturated heterocycles. The molecule has 140 valence electrons. The van der Waals surface area contributed by atoms with Crippen LogP contribution in [0.2, 0.25) is 5.15 Å². The molecule has 4 rings (SSSR count). The molecule has 0 atom stereocenters. The van der Waals surface area contributed by atoms with Gasteiger partial charge < -0.3 is 5.32 Å². The van der Waals surface area contributed by atoms with E-state index in [4.69, 9.17) is 11.6 Å². The van der Waals surface area contributed by atoms with Gasteiger partial charge in [-0.1, -0.05) is 49.1 Å². The second-order valence-electron chi connectivity index (χ2n) is 6.97. The SMILES string of the molecule is Cc1nn(-c2ccccc2)c(Cl)c1/C=N/N1C(=O)NC2(CCCCC2)C1=O. The first-order chi connectivity index (χ1) is 13.0. The molecule has 1 aromatic heterocycles.